The number of carbonyl (C=O) groups is 1. The summed E-state index contributed by atoms with van der Waals surface area (Å²) in [6.07, 6.45) is 5.78. The number of benzene rings is 2. The van der Waals surface area contributed by atoms with Gasteiger partial charge in [0.05, 0.1) is 22.3 Å². The van der Waals surface area contributed by atoms with Gasteiger partial charge in [-0.1, -0.05) is 49.4 Å². The molecule has 0 radical (unpaired) electrons. The van der Waals surface area contributed by atoms with Crippen LogP contribution in [0.3, 0.4) is 0 Å². The number of esters is 1. The molecule has 0 amide bonds. The fraction of sp³-hybridized carbons (Fsp3) is 0.348. The van der Waals surface area contributed by atoms with Gasteiger partial charge in [0.25, 0.3) is 5.69 Å². The van der Waals surface area contributed by atoms with Crippen LogP contribution in [0.1, 0.15) is 38.2 Å². The van der Waals surface area contributed by atoms with Crippen molar-refractivity contribution in [1.82, 2.24) is 4.72 Å². The van der Waals surface area contributed by atoms with Gasteiger partial charge in [0.2, 0.25) is 10.0 Å². The van der Waals surface area contributed by atoms with Gasteiger partial charge in [-0.3, -0.25) is 14.9 Å². The zero-order chi connectivity index (χ0) is 23.6. The van der Waals surface area contributed by atoms with E-state index >= 15 is 0 Å². The molecule has 0 saturated carbocycles. The van der Waals surface area contributed by atoms with E-state index in [9.17, 15) is 23.3 Å². The number of nitrogens with one attached hydrogen (secondary N) is 1. The molecule has 2 aromatic carbocycles. The van der Waals surface area contributed by atoms with Crippen LogP contribution in [0.4, 0.5) is 5.69 Å². The highest BCUT2D eigenvalue weighted by atomic mass is 32.2. The third-order valence-corrected chi connectivity index (χ3v) is 6.87. The first-order valence-corrected chi connectivity index (χ1v) is 11.8. The summed E-state index contributed by atoms with van der Waals surface area (Å²) in [6.45, 7) is 2.04. The summed E-state index contributed by atoms with van der Waals surface area (Å²) in [5, 5.41) is 10.7. The van der Waals surface area contributed by atoms with E-state index in [4.69, 9.17) is 4.74 Å². The van der Waals surface area contributed by atoms with Crippen molar-refractivity contribution in [2.75, 3.05) is 13.7 Å². The predicted molar refractivity (Wildman–Crippen MR) is 122 cm³/mol. The Hall–Kier alpha value is -3.04. The molecular weight excluding hydrogens is 432 g/mol. The summed E-state index contributed by atoms with van der Waals surface area (Å²) in [7, 11) is -2.46. The number of allylic oxidation sites excluding steroid dienone is 1. The summed E-state index contributed by atoms with van der Waals surface area (Å²) in [4.78, 5) is 22.6. The van der Waals surface area contributed by atoms with Gasteiger partial charge >= 0.3 is 5.97 Å². The van der Waals surface area contributed by atoms with Crippen LogP contribution in [0.25, 0.3) is 6.08 Å². The number of ether oxygens (including phenoxy) is 1. The van der Waals surface area contributed by atoms with Crippen LogP contribution in [0.5, 0.6) is 0 Å². The molecule has 0 fully saturated rings. The van der Waals surface area contributed by atoms with Gasteiger partial charge < -0.3 is 4.74 Å². The second-order valence-corrected chi connectivity index (χ2v) is 9.16. The molecule has 32 heavy (non-hydrogen) atoms. The quantitative estimate of drug-likeness (QED) is 0.218. The number of methoxy groups -OCH3 is 1. The van der Waals surface area contributed by atoms with Crippen molar-refractivity contribution >= 4 is 27.8 Å². The lowest BCUT2D eigenvalue weighted by molar-refractivity contribution is -0.384. The molecule has 9 heteroatoms. The van der Waals surface area contributed by atoms with Crippen molar-refractivity contribution in [2.45, 2.75) is 37.5 Å². The van der Waals surface area contributed by atoms with Crippen LogP contribution < -0.4 is 4.72 Å². The average Bonchev–Trinajstić information content (AvgIpc) is 2.81. The lowest BCUT2D eigenvalue weighted by Crippen LogP contribution is -2.33. The zero-order valence-electron chi connectivity index (χ0n) is 18.2. The Bertz CT molecular complexity index is 1040. The van der Waals surface area contributed by atoms with E-state index < -0.39 is 20.4 Å². The summed E-state index contributed by atoms with van der Waals surface area (Å²) in [5.41, 5.74) is 0.0929. The number of nitrogens with zero attached hydrogens (tertiary/aromatic N) is 1. The molecule has 0 aliphatic carbocycles. The smallest absolute Gasteiger partial charge is 0.312 e. The molecular formula is C23H28N2O6S. The van der Waals surface area contributed by atoms with Crippen molar-refractivity contribution in [3.8, 4) is 0 Å². The van der Waals surface area contributed by atoms with Crippen LogP contribution in [0, 0.1) is 15.5 Å². The number of non-ortho nitro benzene ring substituents is 1. The molecule has 8 nitrogen and oxygen atoms in total. The van der Waals surface area contributed by atoms with E-state index in [0.717, 1.165) is 17.7 Å². The molecule has 0 unspecified atom stereocenters. The largest absolute Gasteiger partial charge is 0.469 e. The van der Waals surface area contributed by atoms with Gasteiger partial charge in [-0.15, -0.1) is 0 Å². The fourth-order valence-electron chi connectivity index (χ4n) is 3.42. The second-order valence-electron chi connectivity index (χ2n) is 7.39. The van der Waals surface area contributed by atoms with Crippen molar-refractivity contribution in [2.24, 2.45) is 5.41 Å². The summed E-state index contributed by atoms with van der Waals surface area (Å²) in [5.74, 6) is -0.323. The Labute approximate surface area is 188 Å². The Morgan fingerprint density at radius 1 is 1.16 bits per heavy atom. The summed E-state index contributed by atoms with van der Waals surface area (Å²) in [6, 6.07) is 14.4. The number of carbonyl (C=O) groups excluding carboxylic acids is 1. The van der Waals surface area contributed by atoms with Crippen molar-refractivity contribution in [3.63, 3.8) is 0 Å². The minimum atomic E-state index is -3.81. The van der Waals surface area contributed by atoms with E-state index in [1.807, 2.05) is 49.4 Å². The van der Waals surface area contributed by atoms with E-state index in [2.05, 4.69) is 4.72 Å². The molecule has 172 valence electrons. The zero-order valence-corrected chi connectivity index (χ0v) is 19.0. The van der Waals surface area contributed by atoms with Gasteiger partial charge in [-0.25, -0.2) is 13.1 Å². The highest BCUT2D eigenvalue weighted by molar-refractivity contribution is 7.89. The Morgan fingerprint density at radius 2 is 1.81 bits per heavy atom. The van der Waals surface area contributed by atoms with Crippen LogP contribution in [0.15, 0.2) is 65.6 Å². The van der Waals surface area contributed by atoms with Crippen LogP contribution in [0.2, 0.25) is 0 Å². The maximum Gasteiger partial charge on any atom is 0.312 e. The minimum absolute atomic E-state index is 0.0522. The number of rotatable bonds is 12. The van der Waals surface area contributed by atoms with E-state index in [-0.39, 0.29) is 23.1 Å². The first-order valence-electron chi connectivity index (χ1n) is 10.3. The molecule has 0 bridgehead atoms. The number of hydrogen-bond donors (Lipinski definition) is 1. The van der Waals surface area contributed by atoms with Crippen molar-refractivity contribution in [3.05, 3.63) is 76.4 Å². The normalized spacial score (nSPS) is 13.6. The number of nitro groups is 1. The molecule has 0 aliphatic heterocycles. The molecule has 0 aromatic heterocycles. The standard InChI is InChI=1S/C23H28N2O6S/c1-3-23(22(26)31-2,16-7-11-19-9-5-4-6-10-19)17-8-18-24-32(29,30)21-14-12-20(13-15-21)25(27)28/h4-7,9-15,24H,3,8,16-18H2,1-2H3/b11-7+/t23-/m0/s1. The van der Waals surface area contributed by atoms with E-state index in [0.29, 0.717) is 25.7 Å². The number of nitro benzene ring substituents is 1. The van der Waals surface area contributed by atoms with Gasteiger partial charge in [-0.05, 0) is 43.4 Å². The molecule has 0 aliphatic rings. The maximum absolute atomic E-state index is 12.6. The second kappa shape index (κ2) is 11.5. The van der Waals surface area contributed by atoms with Gasteiger partial charge in [-0.2, -0.15) is 0 Å². The minimum Gasteiger partial charge on any atom is -0.469 e. The third-order valence-electron chi connectivity index (χ3n) is 5.40. The Balaban J connectivity index is 2.00. The molecule has 2 rings (SSSR count). The van der Waals surface area contributed by atoms with Gasteiger partial charge in [0, 0.05) is 18.7 Å². The average molecular weight is 461 g/mol. The first-order chi connectivity index (χ1) is 15.2. The van der Waals surface area contributed by atoms with Crippen LogP contribution in [-0.2, 0) is 19.6 Å². The monoisotopic (exact) mass is 460 g/mol. The molecule has 1 atom stereocenters. The van der Waals surface area contributed by atoms with Gasteiger partial charge in [0.1, 0.15) is 0 Å². The first kappa shape index (κ1) is 25.2. The molecule has 0 saturated heterocycles. The molecule has 1 N–H and O–H groups in total. The Kier molecular flexibility index (Phi) is 9.10. The fourth-order valence-corrected chi connectivity index (χ4v) is 4.49. The molecule has 0 heterocycles. The summed E-state index contributed by atoms with van der Waals surface area (Å²) >= 11 is 0. The Morgan fingerprint density at radius 3 is 2.38 bits per heavy atom. The van der Waals surface area contributed by atoms with Crippen molar-refractivity contribution < 1.29 is 22.9 Å². The highest BCUT2D eigenvalue weighted by Crippen LogP contribution is 2.34. The lowest BCUT2D eigenvalue weighted by Gasteiger charge is -2.28. The lowest BCUT2D eigenvalue weighted by atomic mass is 9.77. The van der Waals surface area contributed by atoms with Crippen LogP contribution >= 0.6 is 0 Å². The van der Waals surface area contributed by atoms with Crippen LogP contribution in [-0.4, -0.2) is 33.0 Å². The predicted octanol–water partition coefficient (Wildman–Crippen LogP) is 4.33. The van der Waals surface area contributed by atoms with E-state index in [1.54, 1.807) is 0 Å². The molecule has 2 aromatic rings. The third kappa shape index (κ3) is 6.73. The van der Waals surface area contributed by atoms with Crippen molar-refractivity contribution in [1.29, 1.82) is 0 Å². The molecule has 0 spiro atoms. The van der Waals surface area contributed by atoms with E-state index in [1.165, 1.54) is 19.2 Å². The van der Waals surface area contributed by atoms with Gasteiger partial charge in [0.15, 0.2) is 0 Å². The highest BCUT2D eigenvalue weighted by Gasteiger charge is 2.36. The topological polar surface area (TPSA) is 116 Å². The SMILES string of the molecule is CC[C@](C/C=C/c1ccccc1)(CCCNS(=O)(=O)c1ccc([N+](=O)[O-])cc1)C(=O)OC. The summed E-state index contributed by atoms with van der Waals surface area (Å²) < 4.78 is 32.4. The number of hydrogen-bond acceptors (Lipinski definition) is 6. The number of sulfonamides is 1. The maximum atomic E-state index is 12.6.